The van der Waals surface area contributed by atoms with E-state index in [4.69, 9.17) is 5.11 Å². The van der Waals surface area contributed by atoms with Crippen molar-refractivity contribution in [1.29, 1.82) is 0 Å². The molecule has 0 radical (unpaired) electrons. The predicted molar refractivity (Wildman–Crippen MR) is 71.0 cm³/mol. The number of benzene rings is 1. The smallest absolute Gasteiger partial charge is 0.416 e. The lowest BCUT2D eigenvalue weighted by Crippen LogP contribution is -2.33. The molecule has 1 aliphatic heterocycles. The molecule has 0 aromatic heterocycles. The number of hydrogen-bond donors (Lipinski definition) is 1. The number of rotatable bonds is 3. The van der Waals surface area contributed by atoms with Crippen LogP contribution < -0.4 is 4.90 Å². The summed E-state index contributed by atoms with van der Waals surface area (Å²) in [7, 11) is 0. The summed E-state index contributed by atoms with van der Waals surface area (Å²) in [6.07, 6.45) is -9.73. The van der Waals surface area contributed by atoms with Crippen LogP contribution in [0.3, 0.4) is 0 Å². The standard InChI is InChI=1S/C13H10F6N2O4/c14-12(15,16)6-1-2-9(10(3-6)21(24)25)20-4-7(11(22)23)8(5-20)13(17,18)19/h1-3,7-8H,4-5H2,(H,22,23)/t7-,8-/m1/s1. The summed E-state index contributed by atoms with van der Waals surface area (Å²) in [5.74, 6) is -5.90. The number of aliphatic carboxylic acids is 1. The van der Waals surface area contributed by atoms with Gasteiger partial charge in [0, 0.05) is 19.2 Å². The first-order valence-corrected chi connectivity index (χ1v) is 6.72. The average Bonchev–Trinajstić information content (AvgIpc) is 2.90. The van der Waals surface area contributed by atoms with Gasteiger partial charge in [0.05, 0.1) is 22.3 Å². The van der Waals surface area contributed by atoms with Gasteiger partial charge in [-0.2, -0.15) is 26.3 Å². The molecule has 6 nitrogen and oxygen atoms in total. The van der Waals surface area contributed by atoms with E-state index in [1.165, 1.54) is 0 Å². The van der Waals surface area contributed by atoms with E-state index in [1.54, 1.807) is 0 Å². The van der Waals surface area contributed by atoms with Gasteiger partial charge in [-0.25, -0.2) is 0 Å². The third kappa shape index (κ3) is 3.77. The monoisotopic (exact) mass is 372 g/mol. The van der Waals surface area contributed by atoms with Crippen molar-refractivity contribution < 1.29 is 41.2 Å². The zero-order chi connectivity index (χ0) is 19.2. The average molecular weight is 372 g/mol. The van der Waals surface area contributed by atoms with E-state index in [1.807, 2.05) is 0 Å². The SMILES string of the molecule is O=C(O)[C@@H]1CN(c2ccc(C(F)(F)F)cc2[N+](=O)[O-])C[C@H]1C(F)(F)F. The van der Waals surface area contributed by atoms with Crippen LogP contribution in [0.1, 0.15) is 5.56 Å². The molecule has 25 heavy (non-hydrogen) atoms. The summed E-state index contributed by atoms with van der Waals surface area (Å²) in [6.45, 7) is -1.60. The molecule has 1 saturated heterocycles. The molecule has 0 spiro atoms. The lowest BCUT2D eigenvalue weighted by Gasteiger charge is -2.20. The largest absolute Gasteiger partial charge is 0.481 e. The Morgan fingerprint density at radius 1 is 1.20 bits per heavy atom. The van der Waals surface area contributed by atoms with Crippen LogP contribution in [-0.2, 0) is 11.0 Å². The van der Waals surface area contributed by atoms with Gasteiger partial charge in [0.25, 0.3) is 5.69 Å². The molecule has 2 rings (SSSR count). The minimum absolute atomic E-state index is 0.214. The van der Waals surface area contributed by atoms with Gasteiger partial charge in [-0.05, 0) is 12.1 Å². The van der Waals surface area contributed by atoms with Gasteiger partial charge in [0.15, 0.2) is 0 Å². The second-order valence-corrected chi connectivity index (χ2v) is 5.46. The summed E-state index contributed by atoms with van der Waals surface area (Å²) in [6, 6.07) is 1.39. The number of anilines is 1. The van der Waals surface area contributed by atoms with Crippen molar-refractivity contribution in [2.24, 2.45) is 11.8 Å². The van der Waals surface area contributed by atoms with Crippen molar-refractivity contribution in [3.05, 3.63) is 33.9 Å². The van der Waals surface area contributed by atoms with Crippen LogP contribution in [0.5, 0.6) is 0 Å². The first kappa shape index (κ1) is 18.8. The third-order valence-electron chi connectivity index (χ3n) is 3.90. The molecule has 1 N–H and O–H groups in total. The summed E-state index contributed by atoms with van der Waals surface area (Å²) in [4.78, 5) is 21.7. The van der Waals surface area contributed by atoms with Gasteiger partial charge >= 0.3 is 18.3 Å². The Morgan fingerprint density at radius 2 is 1.80 bits per heavy atom. The van der Waals surface area contributed by atoms with E-state index >= 15 is 0 Å². The van der Waals surface area contributed by atoms with Gasteiger partial charge < -0.3 is 10.0 Å². The maximum atomic E-state index is 13.0. The van der Waals surface area contributed by atoms with Crippen LogP contribution >= 0.6 is 0 Å². The first-order chi connectivity index (χ1) is 11.3. The van der Waals surface area contributed by atoms with E-state index < -0.39 is 65.1 Å². The van der Waals surface area contributed by atoms with Crippen LogP contribution in [0.15, 0.2) is 18.2 Å². The highest BCUT2D eigenvalue weighted by Gasteiger charge is 2.53. The van der Waals surface area contributed by atoms with Gasteiger partial charge in [-0.15, -0.1) is 0 Å². The Labute approximate surface area is 135 Å². The van der Waals surface area contributed by atoms with Crippen molar-refractivity contribution in [3.8, 4) is 0 Å². The quantitative estimate of drug-likeness (QED) is 0.500. The lowest BCUT2D eigenvalue weighted by atomic mass is 9.96. The van der Waals surface area contributed by atoms with E-state index in [0.29, 0.717) is 12.1 Å². The molecule has 1 heterocycles. The fourth-order valence-corrected chi connectivity index (χ4v) is 2.70. The van der Waals surface area contributed by atoms with Crippen LogP contribution in [-0.4, -0.2) is 35.3 Å². The number of carboxylic acids is 1. The number of halogens is 6. The van der Waals surface area contributed by atoms with Crippen LogP contribution in [0.4, 0.5) is 37.7 Å². The third-order valence-corrected chi connectivity index (χ3v) is 3.90. The number of hydrogen-bond acceptors (Lipinski definition) is 4. The van der Waals surface area contributed by atoms with Crippen LogP contribution in [0.25, 0.3) is 0 Å². The second kappa shape index (κ2) is 6.08. The maximum absolute atomic E-state index is 13.0. The highest BCUT2D eigenvalue weighted by Crippen LogP contribution is 2.43. The molecular weight excluding hydrogens is 362 g/mol. The number of carboxylic acid groups (broad SMARTS) is 1. The fourth-order valence-electron chi connectivity index (χ4n) is 2.70. The normalized spacial score (nSPS) is 21.4. The van der Waals surface area contributed by atoms with Crippen molar-refractivity contribution in [2.45, 2.75) is 12.4 Å². The van der Waals surface area contributed by atoms with E-state index in [0.717, 1.165) is 4.90 Å². The summed E-state index contributed by atoms with van der Waals surface area (Å²) in [5.41, 5.74) is -2.86. The molecular formula is C13H10F6N2O4. The summed E-state index contributed by atoms with van der Waals surface area (Å²) >= 11 is 0. The summed E-state index contributed by atoms with van der Waals surface area (Å²) < 4.78 is 76.9. The molecule has 2 atom stereocenters. The van der Waals surface area contributed by atoms with Crippen molar-refractivity contribution in [3.63, 3.8) is 0 Å². The molecule has 0 amide bonds. The Bertz CT molecular complexity index is 703. The van der Waals surface area contributed by atoms with E-state index in [9.17, 15) is 41.3 Å². The Kier molecular flexibility index (Phi) is 4.57. The molecule has 1 fully saturated rings. The predicted octanol–water partition coefficient (Wildman–Crippen LogP) is 3.31. The molecule has 1 aromatic rings. The zero-order valence-electron chi connectivity index (χ0n) is 12.1. The number of nitro groups is 1. The molecule has 1 aromatic carbocycles. The van der Waals surface area contributed by atoms with E-state index in [2.05, 4.69) is 0 Å². The van der Waals surface area contributed by atoms with Gasteiger partial charge in [-0.1, -0.05) is 0 Å². The number of nitrogens with zero attached hydrogens (tertiary/aromatic N) is 2. The molecule has 138 valence electrons. The highest BCUT2D eigenvalue weighted by molar-refractivity contribution is 5.74. The molecule has 0 unspecified atom stereocenters. The molecule has 0 bridgehead atoms. The van der Waals surface area contributed by atoms with Crippen molar-refractivity contribution >= 4 is 17.3 Å². The second-order valence-electron chi connectivity index (χ2n) is 5.46. The highest BCUT2D eigenvalue weighted by atomic mass is 19.4. The first-order valence-electron chi connectivity index (χ1n) is 6.72. The van der Waals surface area contributed by atoms with Crippen LogP contribution in [0, 0.1) is 22.0 Å². The van der Waals surface area contributed by atoms with Crippen molar-refractivity contribution in [1.82, 2.24) is 0 Å². The Balaban J connectivity index is 2.45. The van der Waals surface area contributed by atoms with Gasteiger partial charge in [0.1, 0.15) is 5.69 Å². The van der Waals surface area contributed by atoms with Crippen LogP contribution in [0.2, 0.25) is 0 Å². The molecule has 0 aliphatic carbocycles. The minimum atomic E-state index is -4.87. The summed E-state index contributed by atoms with van der Waals surface area (Å²) in [5, 5.41) is 20.0. The Morgan fingerprint density at radius 3 is 2.20 bits per heavy atom. The van der Waals surface area contributed by atoms with Gasteiger partial charge in [0.2, 0.25) is 0 Å². The molecule has 0 saturated carbocycles. The molecule has 1 aliphatic rings. The minimum Gasteiger partial charge on any atom is -0.481 e. The molecule has 12 heteroatoms. The maximum Gasteiger partial charge on any atom is 0.416 e. The van der Waals surface area contributed by atoms with E-state index in [-0.39, 0.29) is 6.07 Å². The number of carbonyl (C=O) groups is 1. The topological polar surface area (TPSA) is 83.7 Å². The number of nitro benzene ring substituents is 1. The Hall–Kier alpha value is -2.53. The van der Waals surface area contributed by atoms with Crippen molar-refractivity contribution in [2.75, 3.05) is 18.0 Å². The fraction of sp³-hybridized carbons (Fsp3) is 0.462. The lowest BCUT2D eigenvalue weighted by molar-refractivity contribution is -0.384. The van der Waals surface area contributed by atoms with Gasteiger partial charge in [-0.3, -0.25) is 14.9 Å². The zero-order valence-corrected chi connectivity index (χ0v) is 12.1. The number of alkyl halides is 6.